The number of Topliss-reactive ketones (excluding diaryl/α,β-unsaturated/α-hetero) is 1. The van der Waals surface area contributed by atoms with Crippen LogP contribution in [0.15, 0.2) is 18.2 Å². The lowest BCUT2D eigenvalue weighted by molar-refractivity contribution is -0.128. The number of fused-ring (bicyclic) bond motifs is 1. The molecule has 1 heterocycles. The van der Waals surface area contributed by atoms with Crippen LogP contribution in [0.25, 0.3) is 0 Å². The van der Waals surface area contributed by atoms with Crippen LogP contribution in [0, 0.1) is 5.92 Å². The minimum absolute atomic E-state index is 0.00935. The molecule has 0 bridgehead atoms. The van der Waals surface area contributed by atoms with E-state index in [1.807, 2.05) is 37.8 Å². The highest BCUT2D eigenvalue weighted by molar-refractivity contribution is 6.03. The number of ketones is 1. The van der Waals surface area contributed by atoms with Crippen molar-refractivity contribution in [2.24, 2.45) is 5.92 Å². The van der Waals surface area contributed by atoms with Gasteiger partial charge in [-0.2, -0.15) is 0 Å². The first kappa shape index (κ1) is 18.5. The molecule has 1 aliphatic rings. The van der Waals surface area contributed by atoms with Crippen LogP contribution in [0.5, 0.6) is 5.75 Å². The van der Waals surface area contributed by atoms with Gasteiger partial charge >= 0.3 is 0 Å². The van der Waals surface area contributed by atoms with Crippen LogP contribution >= 0.6 is 0 Å². The predicted molar refractivity (Wildman–Crippen MR) is 96.8 cm³/mol. The maximum atomic E-state index is 12.9. The van der Waals surface area contributed by atoms with E-state index >= 15 is 0 Å². The lowest BCUT2D eigenvalue weighted by atomic mass is 10.0. The van der Waals surface area contributed by atoms with Crippen molar-refractivity contribution in [3.05, 3.63) is 23.8 Å². The van der Waals surface area contributed by atoms with Gasteiger partial charge in [-0.15, -0.1) is 0 Å². The average molecular weight is 331 g/mol. The minimum Gasteiger partial charge on any atom is -0.478 e. The fraction of sp³-hybridized carbons (Fsp3) is 0.600. The van der Waals surface area contributed by atoms with E-state index in [0.717, 1.165) is 24.9 Å². The first-order chi connectivity index (χ1) is 11.5. The summed E-state index contributed by atoms with van der Waals surface area (Å²) < 4.78 is 5.93. The molecule has 0 saturated heterocycles. The Balaban J connectivity index is 2.31. The van der Waals surface area contributed by atoms with Crippen molar-refractivity contribution in [3.63, 3.8) is 0 Å². The number of hydrogen-bond donors (Lipinski definition) is 0. The lowest BCUT2D eigenvalue weighted by Crippen LogP contribution is -2.48. The van der Waals surface area contributed by atoms with E-state index in [4.69, 9.17) is 4.74 Å². The van der Waals surface area contributed by atoms with Crippen molar-refractivity contribution < 1.29 is 14.3 Å². The van der Waals surface area contributed by atoms with Gasteiger partial charge in [0.15, 0.2) is 11.9 Å². The molecule has 0 aliphatic carbocycles. The average Bonchev–Trinajstić information content (AvgIpc) is 2.58. The molecule has 0 aromatic heterocycles. The molecule has 0 saturated carbocycles. The number of amides is 1. The van der Waals surface area contributed by atoms with Crippen molar-refractivity contribution in [2.75, 3.05) is 11.4 Å². The van der Waals surface area contributed by atoms with Crippen molar-refractivity contribution in [1.29, 1.82) is 0 Å². The zero-order valence-corrected chi connectivity index (χ0v) is 15.3. The maximum absolute atomic E-state index is 12.9. The van der Waals surface area contributed by atoms with Crippen molar-refractivity contribution >= 4 is 17.4 Å². The molecule has 4 heteroatoms. The topological polar surface area (TPSA) is 46.6 Å². The maximum Gasteiger partial charge on any atom is 0.268 e. The van der Waals surface area contributed by atoms with Crippen LogP contribution in [0.4, 0.5) is 5.69 Å². The first-order valence-corrected chi connectivity index (χ1v) is 9.14. The monoisotopic (exact) mass is 331 g/mol. The molecule has 1 atom stereocenters. The van der Waals surface area contributed by atoms with Gasteiger partial charge in [-0.05, 0) is 30.5 Å². The summed E-state index contributed by atoms with van der Waals surface area (Å²) in [4.78, 5) is 26.7. The van der Waals surface area contributed by atoms with Gasteiger partial charge in [0.05, 0.1) is 5.69 Å². The van der Waals surface area contributed by atoms with E-state index in [9.17, 15) is 9.59 Å². The van der Waals surface area contributed by atoms with Crippen molar-refractivity contribution in [1.82, 2.24) is 0 Å². The molecule has 1 aromatic rings. The summed E-state index contributed by atoms with van der Waals surface area (Å²) in [7, 11) is 0. The van der Waals surface area contributed by atoms with E-state index in [2.05, 4.69) is 6.92 Å². The lowest BCUT2D eigenvalue weighted by Gasteiger charge is -2.36. The van der Waals surface area contributed by atoms with Gasteiger partial charge in [0.25, 0.3) is 5.91 Å². The Hall–Kier alpha value is -1.84. The van der Waals surface area contributed by atoms with Gasteiger partial charge in [-0.25, -0.2) is 0 Å². The number of hydrogen-bond acceptors (Lipinski definition) is 3. The Morgan fingerprint density at radius 2 is 1.96 bits per heavy atom. The molecular formula is C20H29NO3. The third-order valence-corrected chi connectivity index (χ3v) is 4.50. The first-order valence-electron chi connectivity index (χ1n) is 9.14. The molecule has 0 radical (unpaired) electrons. The van der Waals surface area contributed by atoms with Crippen LogP contribution in [0.1, 0.15) is 70.2 Å². The molecule has 1 amide bonds. The van der Waals surface area contributed by atoms with Crippen molar-refractivity contribution in [3.8, 4) is 5.75 Å². The van der Waals surface area contributed by atoms with E-state index in [1.54, 1.807) is 6.07 Å². The standard InChI is InChI=1S/C20H29NO3/c1-5-7-8-9-12-21-16-13-15(17(22)6-2)10-11-18(16)24-19(14(3)4)20(21)23/h10-11,13-14,19H,5-9,12H2,1-4H3. The molecule has 2 rings (SSSR count). The van der Waals surface area contributed by atoms with Gasteiger partial charge in [-0.1, -0.05) is 47.0 Å². The highest BCUT2D eigenvalue weighted by Crippen LogP contribution is 2.37. The van der Waals surface area contributed by atoms with Gasteiger partial charge in [0.1, 0.15) is 5.75 Å². The summed E-state index contributed by atoms with van der Waals surface area (Å²) in [6, 6.07) is 5.45. The SMILES string of the molecule is CCCCCCN1C(=O)C(C(C)C)Oc2ccc(C(=O)CC)cc21. The van der Waals surface area contributed by atoms with Crippen LogP contribution in [-0.2, 0) is 4.79 Å². The fourth-order valence-electron chi connectivity index (χ4n) is 3.01. The Morgan fingerprint density at radius 1 is 1.21 bits per heavy atom. The van der Waals surface area contributed by atoms with E-state index < -0.39 is 6.10 Å². The number of rotatable bonds is 8. The number of carbonyl (C=O) groups excluding carboxylic acids is 2. The third kappa shape index (κ3) is 3.97. The number of carbonyl (C=O) groups is 2. The van der Waals surface area contributed by atoms with E-state index in [1.165, 1.54) is 6.42 Å². The predicted octanol–water partition coefficient (Wildman–Crippen LogP) is 4.61. The summed E-state index contributed by atoms with van der Waals surface area (Å²) in [6.07, 6.45) is 4.42. The second-order valence-electron chi connectivity index (χ2n) is 6.79. The van der Waals surface area contributed by atoms with Crippen LogP contribution in [0.2, 0.25) is 0 Å². The number of benzene rings is 1. The van der Waals surface area contributed by atoms with Crippen molar-refractivity contribution in [2.45, 2.75) is 65.9 Å². The molecule has 1 unspecified atom stereocenters. The molecule has 4 nitrogen and oxygen atoms in total. The van der Waals surface area contributed by atoms with Crippen LogP contribution < -0.4 is 9.64 Å². The minimum atomic E-state index is -0.448. The molecule has 132 valence electrons. The Labute approximate surface area is 145 Å². The number of ether oxygens (including phenoxy) is 1. The summed E-state index contributed by atoms with van der Waals surface area (Å²) in [5.74, 6) is 0.912. The zero-order chi connectivity index (χ0) is 17.7. The molecule has 0 spiro atoms. The number of anilines is 1. The largest absolute Gasteiger partial charge is 0.478 e. The molecule has 0 N–H and O–H groups in total. The van der Waals surface area contributed by atoms with Gasteiger partial charge in [0, 0.05) is 18.5 Å². The Kier molecular flexibility index (Phi) is 6.41. The molecule has 1 aromatic carbocycles. The van der Waals surface area contributed by atoms with Gasteiger partial charge in [-0.3, -0.25) is 9.59 Å². The second-order valence-corrected chi connectivity index (χ2v) is 6.79. The fourth-order valence-corrected chi connectivity index (χ4v) is 3.01. The quantitative estimate of drug-likeness (QED) is 0.516. The van der Waals surface area contributed by atoms with Gasteiger partial charge < -0.3 is 9.64 Å². The number of nitrogens with zero attached hydrogens (tertiary/aromatic N) is 1. The molecule has 24 heavy (non-hydrogen) atoms. The molecule has 1 aliphatic heterocycles. The zero-order valence-electron chi connectivity index (χ0n) is 15.3. The highest BCUT2D eigenvalue weighted by atomic mass is 16.5. The second kappa shape index (κ2) is 8.32. The molecular weight excluding hydrogens is 302 g/mol. The van der Waals surface area contributed by atoms with Gasteiger partial charge in [0.2, 0.25) is 0 Å². The smallest absolute Gasteiger partial charge is 0.268 e. The van der Waals surface area contributed by atoms with Crippen LogP contribution in [-0.4, -0.2) is 24.3 Å². The number of unbranched alkanes of at least 4 members (excludes halogenated alkanes) is 3. The van der Waals surface area contributed by atoms with E-state index in [-0.39, 0.29) is 17.6 Å². The summed E-state index contributed by atoms with van der Waals surface area (Å²) in [5, 5.41) is 0. The molecule has 0 fully saturated rings. The summed E-state index contributed by atoms with van der Waals surface area (Å²) >= 11 is 0. The third-order valence-electron chi connectivity index (χ3n) is 4.50. The normalized spacial score (nSPS) is 17.0. The highest BCUT2D eigenvalue weighted by Gasteiger charge is 2.36. The Morgan fingerprint density at radius 3 is 2.58 bits per heavy atom. The van der Waals surface area contributed by atoms with Crippen LogP contribution in [0.3, 0.4) is 0 Å². The summed E-state index contributed by atoms with van der Waals surface area (Å²) in [6.45, 7) is 8.70. The van der Waals surface area contributed by atoms with E-state index in [0.29, 0.717) is 24.3 Å². The summed E-state index contributed by atoms with van der Waals surface area (Å²) in [5.41, 5.74) is 1.39. The Bertz CT molecular complexity index is 595.